The van der Waals surface area contributed by atoms with Crippen LogP contribution in [0.3, 0.4) is 0 Å². The zero-order chi connectivity index (χ0) is 12.0. The molecule has 4 heteroatoms. The number of nitrogens with two attached hydrogens (primary N) is 1. The van der Waals surface area contributed by atoms with Crippen LogP contribution >= 0.6 is 11.3 Å². The van der Waals surface area contributed by atoms with Crippen LogP contribution in [0.15, 0.2) is 12.1 Å². The van der Waals surface area contributed by atoms with Gasteiger partial charge in [0.05, 0.1) is 12.1 Å². The van der Waals surface area contributed by atoms with Crippen molar-refractivity contribution in [2.45, 2.75) is 26.3 Å². The van der Waals surface area contributed by atoms with E-state index in [0.717, 1.165) is 13.1 Å². The second-order valence-electron chi connectivity index (χ2n) is 3.74. The summed E-state index contributed by atoms with van der Waals surface area (Å²) in [6.45, 7) is 6.55. The summed E-state index contributed by atoms with van der Waals surface area (Å²) in [5, 5.41) is 8.63. The fraction of sp³-hybridized carbons (Fsp3) is 0.583. The van der Waals surface area contributed by atoms with Crippen LogP contribution in [0.4, 0.5) is 0 Å². The van der Waals surface area contributed by atoms with Gasteiger partial charge in [0.2, 0.25) is 0 Å². The van der Waals surface area contributed by atoms with Crippen molar-refractivity contribution < 1.29 is 0 Å². The minimum absolute atomic E-state index is 0.261. The molecule has 2 N–H and O–H groups in total. The highest BCUT2D eigenvalue weighted by Gasteiger charge is 2.18. The molecule has 1 atom stereocenters. The third-order valence-electron chi connectivity index (χ3n) is 2.67. The predicted molar refractivity (Wildman–Crippen MR) is 68.3 cm³/mol. The highest BCUT2D eigenvalue weighted by Crippen LogP contribution is 2.26. The largest absolute Gasteiger partial charge is 0.329 e. The SMILES string of the molecule is CCN(CCC#N)C(CN)c1ccc(C)s1. The van der Waals surface area contributed by atoms with Gasteiger partial charge in [-0.25, -0.2) is 0 Å². The Morgan fingerprint density at radius 2 is 2.31 bits per heavy atom. The molecule has 1 unspecified atom stereocenters. The fourth-order valence-corrected chi connectivity index (χ4v) is 2.83. The molecule has 0 aliphatic carbocycles. The molecule has 0 spiro atoms. The maximum absolute atomic E-state index is 8.63. The molecule has 1 rings (SSSR count). The monoisotopic (exact) mass is 237 g/mol. The van der Waals surface area contributed by atoms with Crippen molar-refractivity contribution in [3.05, 3.63) is 21.9 Å². The number of hydrogen-bond acceptors (Lipinski definition) is 4. The summed E-state index contributed by atoms with van der Waals surface area (Å²) in [5.41, 5.74) is 5.84. The standard InChI is InChI=1S/C12H19N3S/c1-3-15(8-4-7-13)11(9-14)12-6-5-10(2)16-12/h5-6,11H,3-4,8-9,14H2,1-2H3. The predicted octanol–water partition coefficient (Wildman–Crippen LogP) is 2.29. The number of nitriles is 1. The normalized spacial score (nSPS) is 12.7. The lowest BCUT2D eigenvalue weighted by Gasteiger charge is -2.28. The minimum Gasteiger partial charge on any atom is -0.329 e. The van der Waals surface area contributed by atoms with Crippen LogP contribution in [0.2, 0.25) is 0 Å². The number of thiophene rings is 1. The van der Waals surface area contributed by atoms with Gasteiger partial charge < -0.3 is 5.73 Å². The van der Waals surface area contributed by atoms with Crippen LogP contribution in [0.1, 0.15) is 29.1 Å². The van der Waals surface area contributed by atoms with Gasteiger partial charge in [-0.2, -0.15) is 5.26 Å². The second-order valence-corrected chi connectivity index (χ2v) is 5.06. The zero-order valence-corrected chi connectivity index (χ0v) is 10.8. The Morgan fingerprint density at radius 3 is 2.75 bits per heavy atom. The van der Waals surface area contributed by atoms with Gasteiger partial charge in [-0.3, -0.25) is 4.90 Å². The molecule has 0 aliphatic heterocycles. The first-order chi connectivity index (χ1) is 7.72. The lowest BCUT2D eigenvalue weighted by atomic mass is 10.2. The van der Waals surface area contributed by atoms with E-state index in [1.807, 2.05) is 0 Å². The number of likely N-dealkylation sites (N-methyl/N-ethyl adjacent to an activating group) is 1. The first-order valence-electron chi connectivity index (χ1n) is 5.60. The maximum Gasteiger partial charge on any atom is 0.0635 e. The van der Waals surface area contributed by atoms with E-state index in [9.17, 15) is 0 Å². The molecular formula is C12H19N3S. The first kappa shape index (κ1) is 13.2. The lowest BCUT2D eigenvalue weighted by Crippen LogP contribution is -2.33. The van der Waals surface area contributed by atoms with Crippen molar-refractivity contribution >= 4 is 11.3 Å². The number of aryl methyl sites for hydroxylation is 1. The molecule has 0 fully saturated rings. The summed E-state index contributed by atoms with van der Waals surface area (Å²) >= 11 is 1.79. The Hall–Kier alpha value is -0.890. The summed E-state index contributed by atoms with van der Waals surface area (Å²) in [6.07, 6.45) is 0.564. The third kappa shape index (κ3) is 3.31. The summed E-state index contributed by atoms with van der Waals surface area (Å²) < 4.78 is 0. The quantitative estimate of drug-likeness (QED) is 0.826. The molecule has 0 saturated carbocycles. The molecule has 0 aromatic carbocycles. The lowest BCUT2D eigenvalue weighted by molar-refractivity contribution is 0.220. The second kappa shape index (κ2) is 6.64. The molecule has 0 amide bonds. The van der Waals surface area contributed by atoms with E-state index in [4.69, 9.17) is 11.0 Å². The van der Waals surface area contributed by atoms with Crippen LogP contribution in [-0.4, -0.2) is 24.5 Å². The third-order valence-corrected chi connectivity index (χ3v) is 3.77. The van der Waals surface area contributed by atoms with Gasteiger partial charge in [-0.15, -0.1) is 11.3 Å². The van der Waals surface area contributed by atoms with E-state index in [1.165, 1.54) is 9.75 Å². The first-order valence-corrected chi connectivity index (χ1v) is 6.42. The minimum atomic E-state index is 0.261. The molecule has 0 aliphatic rings. The Kier molecular flexibility index (Phi) is 5.47. The van der Waals surface area contributed by atoms with E-state index in [1.54, 1.807) is 11.3 Å². The summed E-state index contributed by atoms with van der Waals surface area (Å²) in [7, 11) is 0. The smallest absolute Gasteiger partial charge is 0.0635 e. The number of nitrogens with zero attached hydrogens (tertiary/aromatic N) is 2. The van der Waals surface area contributed by atoms with Crippen LogP contribution < -0.4 is 5.73 Å². The average Bonchev–Trinajstić information content (AvgIpc) is 2.70. The van der Waals surface area contributed by atoms with Gasteiger partial charge >= 0.3 is 0 Å². The highest BCUT2D eigenvalue weighted by molar-refractivity contribution is 7.12. The molecular weight excluding hydrogens is 218 g/mol. The molecule has 3 nitrogen and oxygen atoms in total. The highest BCUT2D eigenvalue weighted by atomic mass is 32.1. The van der Waals surface area contributed by atoms with E-state index < -0.39 is 0 Å². The molecule has 16 heavy (non-hydrogen) atoms. The number of hydrogen-bond donors (Lipinski definition) is 1. The van der Waals surface area contributed by atoms with E-state index in [-0.39, 0.29) is 6.04 Å². The Balaban J connectivity index is 2.75. The average molecular weight is 237 g/mol. The van der Waals surface area contributed by atoms with Crippen molar-refractivity contribution in [3.8, 4) is 6.07 Å². The van der Waals surface area contributed by atoms with Gasteiger partial charge in [0.1, 0.15) is 0 Å². The molecule has 0 bridgehead atoms. The maximum atomic E-state index is 8.63. The summed E-state index contributed by atoms with van der Waals surface area (Å²) in [6, 6.07) is 6.72. The van der Waals surface area contributed by atoms with Crippen molar-refractivity contribution in [1.82, 2.24) is 4.90 Å². The van der Waals surface area contributed by atoms with Crippen LogP contribution in [0.25, 0.3) is 0 Å². The van der Waals surface area contributed by atoms with Crippen LogP contribution in [0, 0.1) is 18.3 Å². The van der Waals surface area contributed by atoms with Gasteiger partial charge in [-0.05, 0) is 25.6 Å². The van der Waals surface area contributed by atoms with Gasteiger partial charge in [0.25, 0.3) is 0 Å². The van der Waals surface area contributed by atoms with Crippen LogP contribution in [0.5, 0.6) is 0 Å². The van der Waals surface area contributed by atoms with Crippen molar-refractivity contribution in [3.63, 3.8) is 0 Å². The molecule has 0 radical (unpaired) electrons. The van der Waals surface area contributed by atoms with Gasteiger partial charge in [-0.1, -0.05) is 6.92 Å². The van der Waals surface area contributed by atoms with Crippen molar-refractivity contribution in [1.29, 1.82) is 5.26 Å². The van der Waals surface area contributed by atoms with Crippen molar-refractivity contribution in [2.75, 3.05) is 19.6 Å². The Bertz CT molecular complexity index is 353. The zero-order valence-electron chi connectivity index (χ0n) is 9.94. The fourth-order valence-electron chi connectivity index (χ4n) is 1.81. The van der Waals surface area contributed by atoms with E-state index in [0.29, 0.717) is 13.0 Å². The molecule has 88 valence electrons. The summed E-state index contributed by atoms with van der Waals surface area (Å²) in [4.78, 5) is 4.89. The molecule has 1 aromatic heterocycles. The van der Waals surface area contributed by atoms with E-state index in [2.05, 4.69) is 36.9 Å². The van der Waals surface area contributed by atoms with Gasteiger partial charge in [0.15, 0.2) is 0 Å². The molecule has 0 saturated heterocycles. The van der Waals surface area contributed by atoms with Crippen LogP contribution in [-0.2, 0) is 0 Å². The topological polar surface area (TPSA) is 53.0 Å². The Labute approximate surface area is 101 Å². The molecule has 1 aromatic rings. The van der Waals surface area contributed by atoms with Crippen molar-refractivity contribution in [2.24, 2.45) is 5.73 Å². The molecule has 1 heterocycles. The van der Waals surface area contributed by atoms with Gasteiger partial charge in [0, 0.05) is 29.3 Å². The summed E-state index contributed by atoms with van der Waals surface area (Å²) in [5.74, 6) is 0. The number of rotatable bonds is 6. The Morgan fingerprint density at radius 1 is 1.56 bits per heavy atom. The van der Waals surface area contributed by atoms with E-state index >= 15 is 0 Å².